The van der Waals surface area contributed by atoms with Crippen LogP contribution in [0, 0.1) is 0 Å². The topological polar surface area (TPSA) is 42.2 Å². The molecule has 1 unspecified atom stereocenters. The number of nitrogens with one attached hydrogen (secondary N) is 1. The maximum atomic E-state index is 4.28. The molecule has 4 nitrogen and oxygen atoms in total. The van der Waals surface area contributed by atoms with E-state index in [1.54, 1.807) is 0 Å². The number of nitrogens with zero attached hydrogens (tertiary/aromatic N) is 3. The van der Waals surface area contributed by atoms with E-state index in [-0.39, 0.29) is 0 Å². The first kappa shape index (κ1) is 13.9. The van der Waals surface area contributed by atoms with E-state index in [4.69, 9.17) is 0 Å². The number of hydrogen-bond donors (Lipinski definition) is 1. The van der Waals surface area contributed by atoms with Crippen LogP contribution in [-0.4, -0.2) is 20.6 Å². The summed E-state index contributed by atoms with van der Waals surface area (Å²) in [5.41, 5.74) is 3.83. The molecule has 3 aromatic rings. The molecule has 0 aliphatic heterocycles. The van der Waals surface area contributed by atoms with Crippen molar-refractivity contribution in [3.63, 3.8) is 0 Å². The Labute approximate surface area is 137 Å². The van der Waals surface area contributed by atoms with E-state index in [2.05, 4.69) is 49.6 Å². The zero-order valence-corrected chi connectivity index (χ0v) is 13.8. The lowest BCUT2D eigenvalue weighted by Crippen LogP contribution is -2.34. The van der Waals surface area contributed by atoms with E-state index in [1.165, 1.54) is 22.0 Å². The second-order valence-corrected chi connectivity index (χ2v) is 6.69. The fourth-order valence-electron chi connectivity index (χ4n) is 3.14. The van der Waals surface area contributed by atoms with Crippen molar-refractivity contribution in [3.05, 3.63) is 64.0 Å². The van der Waals surface area contributed by atoms with Crippen LogP contribution in [0.5, 0.6) is 0 Å². The third-order valence-corrected chi connectivity index (χ3v) is 4.82. The molecule has 2 heterocycles. The van der Waals surface area contributed by atoms with E-state index in [9.17, 15) is 0 Å². The van der Waals surface area contributed by atoms with Crippen LogP contribution in [0.15, 0.2) is 47.1 Å². The molecule has 4 rings (SSSR count). The average molecular weight is 357 g/mol. The predicted octanol–water partition coefficient (Wildman–Crippen LogP) is 3.14. The predicted molar refractivity (Wildman–Crippen MR) is 89.8 cm³/mol. The Kier molecular flexibility index (Phi) is 3.68. The molecule has 1 N–H and O–H groups in total. The van der Waals surface area contributed by atoms with Gasteiger partial charge in [-0.25, -0.2) is 0 Å². The first-order valence-corrected chi connectivity index (χ1v) is 8.38. The lowest BCUT2D eigenvalue weighted by Gasteiger charge is -2.25. The SMILES string of the molecule is Brc1ccc2c(c1)CCC(NCc1nnc3ccccn13)C2. The van der Waals surface area contributed by atoms with Crippen LogP contribution in [0.4, 0.5) is 0 Å². The standard InChI is InChI=1S/C17H17BrN4/c18-14-6-4-13-10-15(7-5-12(13)9-14)19-11-17-21-20-16-3-1-2-8-22(16)17/h1-4,6,8-9,15,19H,5,7,10-11H2. The molecular weight excluding hydrogens is 340 g/mol. The first-order valence-electron chi connectivity index (χ1n) is 7.59. The quantitative estimate of drug-likeness (QED) is 0.783. The number of fused-ring (bicyclic) bond motifs is 2. The normalized spacial score (nSPS) is 17.6. The van der Waals surface area contributed by atoms with Crippen LogP contribution in [0.3, 0.4) is 0 Å². The highest BCUT2D eigenvalue weighted by Gasteiger charge is 2.19. The van der Waals surface area contributed by atoms with Gasteiger partial charge < -0.3 is 5.32 Å². The molecule has 0 fully saturated rings. The largest absolute Gasteiger partial charge is 0.307 e. The van der Waals surface area contributed by atoms with Crippen molar-refractivity contribution in [1.82, 2.24) is 19.9 Å². The molecular formula is C17H17BrN4. The lowest BCUT2D eigenvalue weighted by atomic mass is 9.88. The van der Waals surface area contributed by atoms with E-state index in [1.807, 2.05) is 28.8 Å². The van der Waals surface area contributed by atoms with Gasteiger partial charge in [-0.2, -0.15) is 0 Å². The van der Waals surface area contributed by atoms with Gasteiger partial charge in [0.05, 0.1) is 6.54 Å². The molecule has 1 atom stereocenters. The number of benzene rings is 1. The minimum atomic E-state index is 0.504. The summed E-state index contributed by atoms with van der Waals surface area (Å²) in [6.07, 6.45) is 5.40. The summed E-state index contributed by atoms with van der Waals surface area (Å²) < 4.78 is 3.22. The third kappa shape index (κ3) is 2.66. The Morgan fingerprint density at radius 2 is 2.14 bits per heavy atom. The maximum Gasteiger partial charge on any atom is 0.160 e. The van der Waals surface area contributed by atoms with Gasteiger partial charge in [-0.15, -0.1) is 10.2 Å². The van der Waals surface area contributed by atoms with Gasteiger partial charge >= 0.3 is 0 Å². The molecule has 112 valence electrons. The van der Waals surface area contributed by atoms with Crippen LogP contribution in [0.25, 0.3) is 5.65 Å². The van der Waals surface area contributed by atoms with Gasteiger partial charge in [-0.3, -0.25) is 4.40 Å². The fraction of sp³-hybridized carbons (Fsp3) is 0.294. The molecule has 5 heteroatoms. The summed E-state index contributed by atoms with van der Waals surface area (Å²) in [6, 6.07) is 13.1. The Morgan fingerprint density at radius 1 is 1.18 bits per heavy atom. The van der Waals surface area contributed by atoms with Crippen molar-refractivity contribution in [2.24, 2.45) is 0 Å². The van der Waals surface area contributed by atoms with Crippen LogP contribution < -0.4 is 5.32 Å². The number of hydrogen-bond acceptors (Lipinski definition) is 3. The number of rotatable bonds is 3. The van der Waals surface area contributed by atoms with Crippen molar-refractivity contribution >= 4 is 21.6 Å². The minimum Gasteiger partial charge on any atom is -0.307 e. The average Bonchev–Trinajstić information content (AvgIpc) is 2.96. The highest BCUT2D eigenvalue weighted by atomic mass is 79.9. The monoisotopic (exact) mass is 356 g/mol. The Balaban J connectivity index is 1.45. The molecule has 0 amide bonds. The molecule has 1 aromatic carbocycles. The van der Waals surface area contributed by atoms with Crippen molar-refractivity contribution in [2.75, 3.05) is 0 Å². The van der Waals surface area contributed by atoms with Gasteiger partial charge in [0.1, 0.15) is 0 Å². The van der Waals surface area contributed by atoms with E-state index >= 15 is 0 Å². The molecule has 0 bridgehead atoms. The van der Waals surface area contributed by atoms with Crippen molar-refractivity contribution < 1.29 is 0 Å². The van der Waals surface area contributed by atoms with Crippen LogP contribution in [0.1, 0.15) is 23.4 Å². The van der Waals surface area contributed by atoms with Gasteiger partial charge in [0.25, 0.3) is 0 Å². The molecule has 22 heavy (non-hydrogen) atoms. The summed E-state index contributed by atoms with van der Waals surface area (Å²) in [7, 11) is 0. The number of pyridine rings is 1. The van der Waals surface area contributed by atoms with Crippen LogP contribution in [0.2, 0.25) is 0 Å². The number of aromatic nitrogens is 3. The molecule has 0 saturated carbocycles. The Bertz CT molecular complexity index is 811. The van der Waals surface area contributed by atoms with E-state index in [0.29, 0.717) is 6.04 Å². The fourth-order valence-corrected chi connectivity index (χ4v) is 3.55. The van der Waals surface area contributed by atoms with Gasteiger partial charge in [-0.05, 0) is 54.7 Å². The zero-order valence-electron chi connectivity index (χ0n) is 12.2. The van der Waals surface area contributed by atoms with E-state index < -0.39 is 0 Å². The second-order valence-electron chi connectivity index (χ2n) is 5.78. The highest BCUT2D eigenvalue weighted by Crippen LogP contribution is 2.24. The lowest BCUT2D eigenvalue weighted by molar-refractivity contribution is 0.450. The van der Waals surface area contributed by atoms with Crippen molar-refractivity contribution in [3.8, 4) is 0 Å². The van der Waals surface area contributed by atoms with Gasteiger partial charge in [0.15, 0.2) is 11.5 Å². The second kappa shape index (κ2) is 5.82. The number of halogens is 1. The molecule has 1 aliphatic rings. The summed E-state index contributed by atoms with van der Waals surface area (Å²) in [5, 5.41) is 12.1. The summed E-state index contributed by atoms with van der Waals surface area (Å²) >= 11 is 3.55. The van der Waals surface area contributed by atoms with E-state index in [0.717, 1.165) is 30.9 Å². The van der Waals surface area contributed by atoms with Crippen LogP contribution >= 0.6 is 15.9 Å². The molecule has 0 spiro atoms. The first-order chi connectivity index (χ1) is 10.8. The maximum absolute atomic E-state index is 4.28. The minimum absolute atomic E-state index is 0.504. The van der Waals surface area contributed by atoms with Crippen LogP contribution in [-0.2, 0) is 19.4 Å². The summed E-state index contributed by atoms with van der Waals surface area (Å²) in [4.78, 5) is 0. The summed E-state index contributed by atoms with van der Waals surface area (Å²) in [5.74, 6) is 0.970. The summed E-state index contributed by atoms with van der Waals surface area (Å²) in [6.45, 7) is 0.752. The Morgan fingerprint density at radius 3 is 3.09 bits per heavy atom. The zero-order chi connectivity index (χ0) is 14.9. The van der Waals surface area contributed by atoms with Crippen molar-refractivity contribution in [1.29, 1.82) is 0 Å². The molecule has 1 aliphatic carbocycles. The van der Waals surface area contributed by atoms with Gasteiger partial charge in [0, 0.05) is 16.7 Å². The molecule has 0 radical (unpaired) electrons. The molecule has 0 saturated heterocycles. The Hall–Kier alpha value is -1.72. The molecule has 2 aromatic heterocycles. The van der Waals surface area contributed by atoms with Gasteiger partial charge in [-0.1, -0.05) is 28.1 Å². The van der Waals surface area contributed by atoms with Crippen molar-refractivity contribution in [2.45, 2.75) is 31.8 Å². The smallest absolute Gasteiger partial charge is 0.160 e. The highest BCUT2D eigenvalue weighted by molar-refractivity contribution is 9.10. The van der Waals surface area contributed by atoms with Gasteiger partial charge in [0.2, 0.25) is 0 Å². The number of aryl methyl sites for hydroxylation is 1. The third-order valence-electron chi connectivity index (χ3n) is 4.33.